The number of nitriles is 1. The molecule has 1 N–H and O–H groups in total. The molecule has 2 atom stereocenters. The van der Waals surface area contributed by atoms with Crippen molar-refractivity contribution in [1.29, 1.82) is 5.26 Å². The molecule has 142 valence electrons. The van der Waals surface area contributed by atoms with Gasteiger partial charge in [0.05, 0.1) is 18.0 Å². The number of aromatic nitrogens is 4. The first kappa shape index (κ1) is 16.6. The third kappa shape index (κ3) is 2.37. The van der Waals surface area contributed by atoms with Crippen LogP contribution in [0.25, 0.3) is 21.8 Å². The summed E-state index contributed by atoms with van der Waals surface area (Å²) in [5.41, 5.74) is 4.66. The standard InChI is InChI=1S/C23H14N6O/c24-11-17-20(16-6-3-7-19-22(16)29-30-28-19)18-12-25-27-23(18)26-21(17)15-9-8-13-4-1-2-5-14(13)10-15/h1-10,12,17,20H,(H,25,27). The topological polar surface area (TPSA) is 104 Å². The summed E-state index contributed by atoms with van der Waals surface area (Å²) in [7, 11) is 0. The van der Waals surface area contributed by atoms with Crippen molar-refractivity contribution in [1.82, 2.24) is 20.5 Å². The average Bonchev–Trinajstić information content (AvgIpc) is 3.46. The summed E-state index contributed by atoms with van der Waals surface area (Å²) in [6, 6.07) is 22.5. The maximum absolute atomic E-state index is 10.2. The maximum atomic E-state index is 10.2. The monoisotopic (exact) mass is 390 g/mol. The molecule has 2 unspecified atom stereocenters. The van der Waals surface area contributed by atoms with Crippen LogP contribution in [0, 0.1) is 17.2 Å². The van der Waals surface area contributed by atoms with Gasteiger partial charge in [0.15, 0.2) is 5.82 Å². The molecule has 7 nitrogen and oxygen atoms in total. The van der Waals surface area contributed by atoms with E-state index in [9.17, 15) is 5.26 Å². The summed E-state index contributed by atoms with van der Waals surface area (Å²) in [6.45, 7) is 0. The number of benzene rings is 3. The van der Waals surface area contributed by atoms with Crippen molar-refractivity contribution in [2.45, 2.75) is 5.92 Å². The molecule has 3 aromatic carbocycles. The van der Waals surface area contributed by atoms with E-state index < -0.39 is 5.92 Å². The normalized spacial score (nSPS) is 18.2. The highest BCUT2D eigenvalue weighted by atomic mass is 16.6. The zero-order chi connectivity index (χ0) is 20.1. The number of rotatable bonds is 2. The second-order valence-electron chi connectivity index (χ2n) is 7.30. The highest BCUT2D eigenvalue weighted by Crippen LogP contribution is 2.44. The summed E-state index contributed by atoms with van der Waals surface area (Å²) >= 11 is 0. The zero-order valence-electron chi connectivity index (χ0n) is 15.6. The van der Waals surface area contributed by atoms with Crippen molar-refractivity contribution in [3.63, 3.8) is 0 Å². The van der Waals surface area contributed by atoms with Gasteiger partial charge in [0, 0.05) is 11.5 Å². The van der Waals surface area contributed by atoms with Gasteiger partial charge >= 0.3 is 0 Å². The number of nitrogens with one attached hydrogen (secondary N) is 1. The van der Waals surface area contributed by atoms with Crippen LogP contribution in [0.3, 0.4) is 0 Å². The number of H-pyrrole nitrogens is 1. The molecule has 0 bridgehead atoms. The van der Waals surface area contributed by atoms with Crippen molar-refractivity contribution in [2.24, 2.45) is 10.9 Å². The van der Waals surface area contributed by atoms with E-state index >= 15 is 0 Å². The van der Waals surface area contributed by atoms with Crippen molar-refractivity contribution >= 4 is 33.3 Å². The Morgan fingerprint density at radius 1 is 0.933 bits per heavy atom. The third-order valence-electron chi connectivity index (χ3n) is 5.68. The summed E-state index contributed by atoms with van der Waals surface area (Å²) in [4.78, 5) is 4.79. The van der Waals surface area contributed by atoms with Crippen molar-refractivity contribution in [3.8, 4) is 6.07 Å². The van der Waals surface area contributed by atoms with Gasteiger partial charge < -0.3 is 0 Å². The maximum Gasteiger partial charge on any atom is 0.152 e. The van der Waals surface area contributed by atoms with Crippen LogP contribution in [0.4, 0.5) is 5.82 Å². The number of nitrogens with zero attached hydrogens (tertiary/aromatic N) is 5. The van der Waals surface area contributed by atoms with Crippen LogP contribution in [0.15, 0.2) is 76.5 Å². The Hall–Kier alpha value is -4.31. The predicted octanol–water partition coefficient (Wildman–Crippen LogP) is 4.51. The molecule has 0 saturated carbocycles. The fourth-order valence-corrected chi connectivity index (χ4v) is 4.29. The van der Waals surface area contributed by atoms with Gasteiger partial charge in [0.1, 0.15) is 17.0 Å². The first-order valence-electron chi connectivity index (χ1n) is 9.55. The minimum atomic E-state index is -0.515. The van der Waals surface area contributed by atoms with Crippen LogP contribution in [-0.4, -0.2) is 26.2 Å². The van der Waals surface area contributed by atoms with Gasteiger partial charge in [0.25, 0.3) is 0 Å². The quantitative estimate of drug-likeness (QED) is 0.478. The van der Waals surface area contributed by atoms with Gasteiger partial charge in [-0.2, -0.15) is 10.4 Å². The van der Waals surface area contributed by atoms with Gasteiger partial charge in [-0.05, 0) is 44.3 Å². The first-order chi connectivity index (χ1) is 14.8. The highest BCUT2D eigenvalue weighted by Gasteiger charge is 2.38. The lowest BCUT2D eigenvalue weighted by atomic mass is 9.76. The minimum absolute atomic E-state index is 0.293. The SMILES string of the molecule is N#CC1C(c2ccc3ccccc3c2)=Nc2[nH]ncc2C1c1cccc2nonc12. The van der Waals surface area contributed by atoms with Crippen molar-refractivity contribution in [2.75, 3.05) is 0 Å². The largest absolute Gasteiger partial charge is 0.261 e. The van der Waals surface area contributed by atoms with E-state index in [2.05, 4.69) is 50.8 Å². The lowest BCUT2D eigenvalue weighted by Gasteiger charge is -2.27. The second-order valence-corrected chi connectivity index (χ2v) is 7.30. The Morgan fingerprint density at radius 2 is 1.83 bits per heavy atom. The molecule has 30 heavy (non-hydrogen) atoms. The van der Waals surface area contributed by atoms with Gasteiger partial charge in [-0.25, -0.2) is 9.62 Å². The van der Waals surface area contributed by atoms with Crippen molar-refractivity contribution in [3.05, 3.63) is 83.6 Å². The summed E-state index contributed by atoms with van der Waals surface area (Å²) in [5, 5.41) is 27.7. The Morgan fingerprint density at radius 3 is 2.73 bits per heavy atom. The molecule has 0 aliphatic carbocycles. The molecule has 0 radical (unpaired) electrons. The van der Waals surface area contributed by atoms with Crippen LogP contribution in [-0.2, 0) is 0 Å². The number of hydrogen-bond donors (Lipinski definition) is 1. The van der Waals surface area contributed by atoms with Crippen LogP contribution in [0.5, 0.6) is 0 Å². The Labute approximate surface area is 170 Å². The lowest BCUT2D eigenvalue weighted by Crippen LogP contribution is -2.26. The van der Waals surface area contributed by atoms with E-state index in [0.717, 1.165) is 27.5 Å². The Bertz CT molecular complexity index is 1490. The lowest BCUT2D eigenvalue weighted by molar-refractivity contribution is 0.315. The van der Waals surface area contributed by atoms with Gasteiger partial charge in [0.2, 0.25) is 0 Å². The molecular weight excluding hydrogens is 376 g/mol. The molecule has 7 heteroatoms. The fourth-order valence-electron chi connectivity index (χ4n) is 4.29. The smallest absolute Gasteiger partial charge is 0.152 e. The van der Waals surface area contributed by atoms with Crippen LogP contribution < -0.4 is 0 Å². The van der Waals surface area contributed by atoms with E-state index in [1.54, 1.807) is 6.20 Å². The second kappa shape index (κ2) is 6.36. The van der Waals surface area contributed by atoms with Gasteiger partial charge in [-0.1, -0.05) is 48.5 Å². The number of aliphatic imine (C=N–C) groups is 1. The molecule has 2 aromatic heterocycles. The molecular formula is C23H14N6O. The van der Waals surface area contributed by atoms with Gasteiger partial charge in [-0.3, -0.25) is 5.10 Å². The summed E-state index contributed by atoms with van der Waals surface area (Å²) < 4.78 is 4.96. The molecule has 1 aliphatic rings. The highest BCUT2D eigenvalue weighted by molar-refractivity contribution is 6.09. The Kier molecular flexibility index (Phi) is 3.52. The van der Waals surface area contributed by atoms with Crippen LogP contribution >= 0.6 is 0 Å². The molecule has 0 spiro atoms. The van der Waals surface area contributed by atoms with Gasteiger partial charge in [-0.15, -0.1) is 0 Å². The molecule has 0 amide bonds. The Balaban J connectivity index is 1.58. The molecule has 0 saturated heterocycles. The average molecular weight is 390 g/mol. The number of fused-ring (bicyclic) bond motifs is 3. The zero-order valence-corrected chi connectivity index (χ0v) is 15.6. The minimum Gasteiger partial charge on any atom is -0.261 e. The molecule has 5 aromatic rings. The first-order valence-corrected chi connectivity index (χ1v) is 9.55. The van der Waals surface area contributed by atoms with E-state index in [-0.39, 0.29) is 5.92 Å². The summed E-state index contributed by atoms with van der Waals surface area (Å²) in [5.74, 6) is -0.153. The van der Waals surface area contributed by atoms with Crippen LogP contribution in [0.1, 0.15) is 22.6 Å². The fraction of sp³-hybridized carbons (Fsp3) is 0.0870. The number of hydrogen-bond acceptors (Lipinski definition) is 6. The van der Waals surface area contributed by atoms with E-state index in [0.29, 0.717) is 22.6 Å². The predicted molar refractivity (Wildman–Crippen MR) is 111 cm³/mol. The number of aromatic amines is 1. The van der Waals surface area contributed by atoms with E-state index in [4.69, 9.17) is 9.62 Å². The third-order valence-corrected chi connectivity index (χ3v) is 5.68. The van der Waals surface area contributed by atoms with E-state index in [1.165, 1.54) is 0 Å². The van der Waals surface area contributed by atoms with Crippen molar-refractivity contribution < 1.29 is 4.63 Å². The summed E-state index contributed by atoms with van der Waals surface area (Å²) in [6.07, 6.45) is 1.73. The molecule has 1 aliphatic heterocycles. The van der Waals surface area contributed by atoms with E-state index in [1.807, 2.05) is 36.4 Å². The molecule has 6 rings (SSSR count). The van der Waals surface area contributed by atoms with Crippen LogP contribution in [0.2, 0.25) is 0 Å². The molecule has 3 heterocycles. The molecule has 0 fully saturated rings.